The predicted molar refractivity (Wildman–Crippen MR) is 142 cm³/mol. The number of hydrogen-bond acceptors (Lipinski definition) is 9. The minimum atomic E-state index is -0.0541. The van der Waals surface area contributed by atoms with Gasteiger partial charge in [0.15, 0.2) is 0 Å². The summed E-state index contributed by atoms with van der Waals surface area (Å²) in [5.74, 6) is 1.02. The van der Waals surface area contributed by atoms with Gasteiger partial charge in [-0.3, -0.25) is 4.79 Å². The molecule has 3 N–H and O–H groups in total. The van der Waals surface area contributed by atoms with Crippen molar-refractivity contribution in [2.24, 2.45) is 0 Å². The van der Waals surface area contributed by atoms with Gasteiger partial charge in [-0.1, -0.05) is 13.3 Å². The Kier molecular flexibility index (Phi) is 18.8. The van der Waals surface area contributed by atoms with Gasteiger partial charge in [-0.2, -0.15) is 11.8 Å². The van der Waals surface area contributed by atoms with Gasteiger partial charge >= 0.3 is 6.03 Å². The molecule has 2 aliphatic heterocycles. The SMILES string of the molecule is CCCOCCOCCOCCOCCOCCOCCNC(=O)CCCC[C@@H]1SC[C@@H]2NC(=O)N[C@@H]21. The summed E-state index contributed by atoms with van der Waals surface area (Å²) in [5.41, 5.74) is 0. The molecule has 0 radical (unpaired) electrons. The number of rotatable bonds is 25. The number of unbranched alkanes of at least 4 members (excludes halogenated alkanes) is 1. The number of amides is 3. The third-order valence-electron chi connectivity index (χ3n) is 5.86. The summed E-state index contributed by atoms with van der Waals surface area (Å²) < 4.78 is 32.5. The monoisotopic (exact) mass is 549 g/mol. The van der Waals surface area contributed by atoms with E-state index in [-0.39, 0.29) is 24.0 Å². The average Bonchev–Trinajstić information content (AvgIpc) is 3.44. The van der Waals surface area contributed by atoms with Crippen molar-refractivity contribution in [3.05, 3.63) is 0 Å². The fourth-order valence-electron chi connectivity index (χ4n) is 3.97. The lowest BCUT2D eigenvalue weighted by atomic mass is 10.0. The average molecular weight is 550 g/mol. The van der Waals surface area contributed by atoms with Crippen molar-refractivity contribution in [2.75, 3.05) is 91.6 Å². The predicted octanol–water partition coefficient (Wildman–Crippen LogP) is 1.34. The number of hydrogen-bond donors (Lipinski definition) is 3. The lowest BCUT2D eigenvalue weighted by molar-refractivity contribution is -0.121. The van der Waals surface area contributed by atoms with Crippen LogP contribution in [-0.2, 0) is 33.2 Å². The Balaban J connectivity index is 1.23. The van der Waals surface area contributed by atoms with Gasteiger partial charge < -0.3 is 44.4 Å². The van der Waals surface area contributed by atoms with Crippen LogP contribution in [0.5, 0.6) is 0 Å². The smallest absolute Gasteiger partial charge is 0.315 e. The molecule has 12 heteroatoms. The molecule has 2 rings (SSSR count). The molecule has 2 aliphatic rings. The molecule has 0 spiro atoms. The second-order valence-electron chi connectivity index (χ2n) is 8.89. The molecule has 2 heterocycles. The summed E-state index contributed by atoms with van der Waals surface area (Å²) in [6.45, 7) is 9.19. The minimum absolute atomic E-state index is 0.0540. The van der Waals surface area contributed by atoms with Gasteiger partial charge in [0.2, 0.25) is 5.91 Å². The highest BCUT2D eigenvalue weighted by atomic mass is 32.2. The second-order valence-corrected chi connectivity index (χ2v) is 10.2. The van der Waals surface area contributed by atoms with E-state index < -0.39 is 0 Å². The molecule has 0 bridgehead atoms. The maximum Gasteiger partial charge on any atom is 0.315 e. The van der Waals surface area contributed by atoms with E-state index in [2.05, 4.69) is 22.9 Å². The molecule has 0 unspecified atom stereocenters. The van der Waals surface area contributed by atoms with E-state index in [9.17, 15) is 9.59 Å². The number of carbonyl (C=O) groups excluding carboxylic acids is 2. The first-order chi connectivity index (χ1) is 18.2. The first-order valence-electron chi connectivity index (χ1n) is 13.6. The van der Waals surface area contributed by atoms with Gasteiger partial charge in [-0.05, 0) is 19.3 Å². The zero-order valence-electron chi connectivity index (χ0n) is 22.3. The summed E-state index contributed by atoms with van der Waals surface area (Å²) in [6.07, 6.45) is 4.41. The standard InChI is InChI=1S/C25H47N3O8S/c1-2-8-31-10-12-33-14-16-35-18-19-36-17-15-34-13-11-32-9-7-26-23(29)6-4-3-5-22-24-21(20-37-22)27-25(30)28-24/h21-22,24H,2-20H2,1H3,(H,26,29)(H2,27,28,30)/t21-,22-,24-/m0/s1. The van der Waals surface area contributed by atoms with Gasteiger partial charge in [0.1, 0.15) is 0 Å². The summed E-state index contributed by atoms with van der Waals surface area (Å²) in [5, 5.41) is 9.29. The Morgan fingerprint density at radius 3 is 1.92 bits per heavy atom. The second kappa shape index (κ2) is 21.7. The van der Waals surface area contributed by atoms with E-state index in [1.807, 2.05) is 11.8 Å². The van der Waals surface area contributed by atoms with E-state index >= 15 is 0 Å². The quantitative estimate of drug-likeness (QED) is 0.114. The van der Waals surface area contributed by atoms with Crippen LogP contribution in [0.15, 0.2) is 0 Å². The van der Waals surface area contributed by atoms with Crippen LogP contribution in [0.1, 0.15) is 39.0 Å². The zero-order valence-corrected chi connectivity index (χ0v) is 23.2. The number of nitrogens with one attached hydrogen (secondary N) is 3. The van der Waals surface area contributed by atoms with Crippen molar-refractivity contribution in [1.29, 1.82) is 0 Å². The van der Waals surface area contributed by atoms with E-state index in [1.165, 1.54) is 0 Å². The Labute approximate surface area is 225 Å². The lowest BCUT2D eigenvalue weighted by Gasteiger charge is -2.16. The van der Waals surface area contributed by atoms with Gasteiger partial charge in [0.25, 0.3) is 0 Å². The highest BCUT2D eigenvalue weighted by Gasteiger charge is 2.42. The summed E-state index contributed by atoms with van der Waals surface area (Å²) in [4.78, 5) is 23.4. The molecule has 11 nitrogen and oxygen atoms in total. The molecule has 0 aromatic carbocycles. The molecular weight excluding hydrogens is 502 g/mol. The molecule has 2 saturated heterocycles. The van der Waals surface area contributed by atoms with E-state index in [0.717, 1.165) is 38.0 Å². The molecular formula is C25H47N3O8S. The van der Waals surface area contributed by atoms with E-state index in [4.69, 9.17) is 28.4 Å². The summed E-state index contributed by atoms with van der Waals surface area (Å²) in [6, 6.07) is 0.436. The molecule has 3 atom stereocenters. The maximum absolute atomic E-state index is 12.0. The Morgan fingerprint density at radius 1 is 0.811 bits per heavy atom. The minimum Gasteiger partial charge on any atom is -0.379 e. The first kappa shape index (κ1) is 32.1. The van der Waals surface area contributed by atoms with Gasteiger partial charge in [0.05, 0.1) is 84.8 Å². The van der Waals surface area contributed by atoms with Crippen LogP contribution < -0.4 is 16.0 Å². The highest BCUT2D eigenvalue weighted by molar-refractivity contribution is 8.00. The fraction of sp³-hybridized carbons (Fsp3) is 0.920. The number of fused-ring (bicyclic) bond motifs is 1. The Hall–Kier alpha value is -1.15. The van der Waals surface area contributed by atoms with Gasteiger partial charge in [-0.25, -0.2) is 4.79 Å². The number of ether oxygens (including phenoxy) is 6. The van der Waals surface area contributed by atoms with Crippen LogP contribution >= 0.6 is 11.8 Å². The van der Waals surface area contributed by atoms with Crippen LogP contribution in [-0.4, -0.2) is 121 Å². The Morgan fingerprint density at radius 2 is 1.35 bits per heavy atom. The highest BCUT2D eigenvalue weighted by Crippen LogP contribution is 2.33. The van der Waals surface area contributed by atoms with E-state index in [0.29, 0.717) is 90.9 Å². The Bertz CT molecular complexity index is 604. The third-order valence-corrected chi connectivity index (χ3v) is 7.37. The summed E-state index contributed by atoms with van der Waals surface area (Å²) >= 11 is 1.91. The first-order valence-corrected chi connectivity index (χ1v) is 14.7. The van der Waals surface area contributed by atoms with Gasteiger partial charge in [-0.15, -0.1) is 0 Å². The van der Waals surface area contributed by atoms with E-state index in [1.54, 1.807) is 0 Å². The third kappa shape index (κ3) is 15.8. The van der Waals surface area contributed by atoms with Crippen LogP contribution in [0.2, 0.25) is 0 Å². The van der Waals surface area contributed by atoms with Crippen LogP contribution in [0.3, 0.4) is 0 Å². The van der Waals surface area contributed by atoms with Crippen molar-refractivity contribution in [3.8, 4) is 0 Å². The molecule has 37 heavy (non-hydrogen) atoms. The van der Waals surface area contributed by atoms with Crippen molar-refractivity contribution < 1.29 is 38.0 Å². The van der Waals surface area contributed by atoms with Crippen LogP contribution in [0.25, 0.3) is 0 Å². The normalized spacial score (nSPS) is 20.6. The maximum atomic E-state index is 12.0. The van der Waals surface area contributed by atoms with Gasteiger partial charge in [0, 0.05) is 30.6 Å². The fourth-order valence-corrected chi connectivity index (χ4v) is 5.51. The van der Waals surface area contributed by atoms with Crippen molar-refractivity contribution >= 4 is 23.7 Å². The van der Waals surface area contributed by atoms with Crippen molar-refractivity contribution in [3.63, 3.8) is 0 Å². The van der Waals surface area contributed by atoms with Crippen LogP contribution in [0.4, 0.5) is 4.79 Å². The number of urea groups is 1. The molecule has 2 fully saturated rings. The molecule has 0 aliphatic carbocycles. The lowest BCUT2D eigenvalue weighted by Crippen LogP contribution is -2.36. The number of carbonyl (C=O) groups is 2. The molecule has 0 aromatic heterocycles. The largest absolute Gasteiger partial charge is 0.379 e. The van der Waals surface area contributed by atoms with Crippen molar-refractivity contribution in [1.82, 2.24) is 16.0 Å². The zero-order chi connectivity index (χ0) is 26.4. The molecule has 0 aromatic rings. The molecule has 3 amide bonds. The summed E-state index contributed by atoms with van der Waals surface area (Å²) in [7, 11) is 0. The number of thioether (sulfide) groups is 1. The van der Waals surface area contributed by atoms with Crippen LogP contribution in [0, 0.1) is 0 Å². The molecule has 0 saturated carbocycles. The molecule has 216 valence electrons. The topological polar surface area (TPSA) is 126 Å². The van der Waals surface area contributed by atoms with Crippen molar-refractivity contribution in [2.45, 2.75) is 56.4 Å².